The van der Waals surface area contributed by atoms with Crippen molar-refractivity contribution in [3.05, 3.63) is 27.5 Å². The van der Waals surface area contributed by atoms with Gasteiger partial charge >= 0.3 is 0 Å². The van der Waals surface area contributed by atoms with Crippen LogP contribution in [0.3, 0.4) is 0 Å². The second-order valence-corrected chi connectivity index (χ2v) is 9.81. The molecule has 2 aliphatic heterocycles. The molecule has 116 valence electrons. The number of halogens is 1. The smallest absolute Gasteiger partial charge is 0.261 e. The molecule has 8 heteroatoms. The number of thiophene rings is 1. The molecule has 2 saturated heterocycles. The lowest BCUT2D eigenvalue weighted by Gasteiger charge is -2.20. The van der Waals surface area contributed by atoms with E-state index in [0.29, 0.717) is 16.4 Å². The van der Waals surface area contributed by atoms with E-state index in [9.17, 15) is 4.79 Å². The van der Waals surface area contributed by atoms with Gasteiger partial charge in [-0.2, -0.15) is 0 Å². The second kappa shape index (κ2) is 6.13. The fourth-order valence-corrected chi connectivity index (χ4v) is 6.47. The first kappa shape index (κ1) is 15.0. The van der Waals surface area contributed by atoms with Crippen LogP contribution in [0, 0.1) is 0 Å². The number of carbonyl (C=O) groups excluding carboxylic acids is 1. The molecule has 2 bridgehead atoms. The van der Waals surface area contributed by atoms with Crippen LogP contribution in [-0.4, -0.2) is 29.0 Å². The number of nitrogens with one attached hydrogen (secondary N) is 2. The molecule has 4 heterocycles. The topological polar surface area (TPSA) is 54.0 Å². The van der Waals surface area contributed by atoms with Crippen LogP contribution in [0.5, 0.6) is 0 Å². The largest absolute Gasteiger partial charge is 0.347 e. The number of rotatable bonds is 4. The Balaban J connectivity index is 1.39. The van der Waals surface area contributed by atoms with Crippen molar-refractivity contribution in [3.8, 4) is 0 Å². The van der Waals surface area contributed by atoms with Gasteiger partial charge in [0.2, 0.25) is 0 Å². The maximum Gasteiger partial charge on any atom is 0.261 e. The van der Waals surface area contributed by atoms with Crippen LogP contribution in [0.2, 0.25) is 4.34 Å². The van der Waals surface area contributed by atoms with E-state index < -0.39 is 0 Å². The molecule has 22 heavy (non-hydrogen) atoms. The van der Waals surface area contributed by atoms with Gasteiger partial charge in [0.05, 0.1) is 15.3 Å². The molecule has 2 aromatic heterocycles. The molecule has 2 N–H and O–H groups in total. The molecule has 2 aliphatic rings. The van der Waals surface area contributed by atoms with Crippen molar-refractivity contribution in [3.63, 3.8) is 0 Å². The van der Waals surface area contributed by atoms with E-state index in [1.807, 2.05) is 12.1 Å². The van der Waals surface area contributed by atoms with Crippen LogP contribution >= 0.6 is 46.0 Å². The number of hydrogen-bond acceptors (Lipinski definition) is 6. The molecular formula is C14H14ClN3OS3. The van der Waals surface area contributed by atoms with E-state index in [-0.39, 0.29) is 11.9 Å². The highest BCUT2D eigenvalue weighted by atomic mass is 35.5. The SMILES string of the molecule is O=C(NC1CC2CCC1N2)c1ccc(Sc2ncc(Cl)s2)s1. The molecular weight excluding hydrogens is 358 g/mol. The zero-order valence-electron chi connectivity index (χ0n) is 11.5. The van der Waals surface area contributed by atoms with Crippen LogP contribution in [0.4, 0.5) is 0 Å². The number of nitrogens with zero attached hydrogens (tertiary/aromatic N) is 1. The van der Waals surface area contributed by atoms with Crippen LogP contribution in [-0.2, 0) is 0 Å². The van der Waals surface area contributed by atoms with Crippen LogP contribution in [0.25, 0.3) is 0 Å². The highest BCUT2D eigenvalue weighted by molar-refractivity contribution is 8.02. The van der Waals surface area contributed by atoms with Crippen molar-refractivity contribution >= 4 is 51.9 Å². The van der Waals surface area contributed by atoms with Gasteiger partial charge in [0.15, 0.2) is 4.34 Å². The van der Waals surface area contributed by atoms with Crippen molar-refractivity contribution in [1.29, 1.82) is 0 Å². The van der Waals surface area contributed by atoms with Gasteiger partial charge in [0.25, 0.3) is 5.91 Å². The molecule has 1 amide bonds. The van der Waals surface area contributed by atoms with Crippen LogP contribution < -0.4 is 10.6 Å². The maximum absolute atomic E-state index is 12.4. The Morgan fingerprint density at radius 1 is 1.41 bits per heavy atom. The third-order valence-electron chi connectivity index (χ3n) is 4.07. The molecule has 4 nitrogen and oxygen atoms in total. The molecule has 0 radical (unpaired) electrons. The maximum atomic E-state index is 12.4. The summed E-state index contributed by atoms with van der Waals surface area (Å²) in [4.78, 5) is 17.4. The number of thiazole rings is 1. The summed E-state index contributed by atoms with van der Waals surface area (Å²) in [6.45, 7) is 0. The Morgan fingerprint density at radius 2 is 2.32 bits per heavy atom. The third kappa shape index (κ3) is 3.05. The van der Waals surface area contributed by atoms with E-state index in [1.54, 1.807) is 18.0 Å². The number of amides is 1. The molecule has 0 saturated carbocycles. The van der Waals surface area contributed by atoms with Crippen molar-refractivity contribution in [2.75, 3.05) is 0 Å². The summed E-state index contributed by atoms with van der Waals surface area (Å²) in [6, 6.07) is 5.19. The summed E-state index contributed by atoms with van der Waals surface area (Å²) < 4.78 is 2.64. The van der Waals surface area contributed by atoms with Crippen LogP contribution in [0.15, 0.2) is 26.9 Å². The highest BCUT2D eigenvalue weighted by Gasteiger charge is 2.39. The lowest BCUT2D eigenvalue weighted by Crippen LogP contribution is -2.42. The fourth-order valence-electron chi connectivity index (χ4n) is 3.09. The number of carbonyl (C=O) groups is 1. The Bertz CT molecular complexity index is 701. The quantitative estimate of drug-likeness (QED) is 0.861. The monoisotopic (exact) mass is 371 g/mol. The Kier molecular flexibility index (Phi) is 4.17. The normalized spacial score (nSPS) is 26.5. The van der Waals surface area contributed by atoms with Gasteiger partial charge in [-0.25, -0.2) is 4.98 Å². The molecule has 3 atom stereocenters. The molecule has 0 spiro atoms. The van der Waals surface area contributed by atoms with Gasteiger partial charge in [-0.05, 0) is 43.2 Å². The Labute approximate surface area is 145 Å². The zero-order chi connectivity index (χ0) is 15.1. The summed E-state index contributed by atoms with van der Waals surface area (Å²) in [6.07, 6.45) is 5.12. The van der Waals surface area contributed by atoms with Crippen molar-refractivity contribution in [1.82, 2.24) is 15.6 Å². The lowest BCUT2D eigenvalue weighted by atomic mass is 9.95. The van der Waals surface area contributed by atoms with Gasteiger partial charge in [0, 0.05) is 18.1 Å². The molecule has 3 unspecified atom stereocenters. The van der Waals surface area contributed by atoms with Crippen molar-refractivity contribution in [2.24, 2.45) is 0 Å². The standard InChI is InChI=1S/C14H14ClN3OS3/c15-11-6-16-14(21-11)22-12-4-3-10(20-12)13(19)18-9-5-7-1-2-8(9)17-7/h3-4,6-9,17H,1-2,5H2,(H,18,19). The van der Waals surface area contributed by atoms with Crippen molar-refractivity contribution in [2.45, 2.75) is 45.9 Å². The van der Waals surface area contributed by atoms with E-state index in [1.165, 1.54) is 35.5 Å². The summed E-state index contributed by atoms with van der Waals surface area (Å²) in [5.74, 6) is 0.0355. The number of fused-ring (bicyclic) bond motifs is 2. The van der Waals surface area contributed by atoms with Crippen molar-refractivity contribution < 1.29 is 4.79 Å². The average molecular weight is 372 g/mol. The molecule has 2 aromatic rings. The summed E-state index contributed by atoms with van der Waals surface area (Å²) in [7, 11) is 0. The zero-order valence-corrected chi connectivity index (χ0v) is 14.7. The van der Waals surface area contributed by atoms with Crippen LogP contribution in [0.1, 0.15) is 28.9 Å². The first-order valence-electron chi connectivity index (χ1n) is 7.13. The summed E-state index contributed by atoms with van der Waals surface area (Å²) >= 11 is 10.4. The van der Waals surface area contributed by atoms with E-state index in [0.717, 1.165) is 19.8 Å². The van der Waals surface area contributed by atoms with Gasteiger partial charge < -0.3 is 10.6 Å². The van der Waals surface area contributed by atoms with Gasteiger partial charge in [-0.15, -0.1) is 11.3 Å². The Hall–Kier alpha value is -0.600. The average Bonchev–Trinajstić information content (AvgIpc) is 3.24. The first-order chi connectivity index (χ1) is 10.7. The number of hydrogen-bond donors (Lipinski definition) is 2. The van der Waals surface area contributed by atoms with Gasteiger partial charge in [-0.3, -0.25) is 4.79 Å². The minimum absolute atomic E-state index is 0.0355. The lowest BCUT2D eigenvalue weighted by molar-refractivity contribution is 0.0935. The van der Waals surface area contributed by atoms with E-state index in [4.69, 9.17) is 11.6 Å². The minimum Gasteiger partial charge on any atom is -0.347 e. The number of aromatic nitrogens is 1. The third-order valence-corrected chi connectivity index (χ3v) is 7.47. The Morgan fingerprint density at radius 3 is 3.00 bits per heavy atom. The van der Waals surface area contributed by atoms with E-state index >= 15 is 0 Å². The highest BCUT2D eigenvalue weighted by Crippen LogP contribution is 2.37. The second-order valence-electron chi connectivity index (χ2n) is 5.51. The molecule has 4 rings (SSSR count). The van der Waals surface area contributed by atoms with E-state index in [2.05, 4.69) is 15.6 Å². The predicted octanol–water partition coefficient (Wildman–Crippen LogP) is 3.63. The molecule has 0 aromatic carbocycles. The minimum atomic E-state index is 0.0355. The predicted molar refractivity (Wildman–Crippen MR) is 91.4 cm³/mol. The summed E-state index contributed by atoms with van der Waals surface area (Å²) in [5, 5.41) is 6.71. The molecule has 0 aliphatic carbocycles. The fraction of sp³-hybridized carbons (Fsp3) is 0.429. The molecule has 2 fully saturated rings. The van der Waals surface area contributed by atoms with Gasteiger partial charge in [0.1, 0.15) is 4.34 Å². The first-order valence-corrected chi connectivity index (χ1v) is 9.96. The summed E-state index contributed by atoms with van der Waals surface area (Å²) in [5.41, 5.74) is 0. The van der Waals surface area contributed by atoms with Gasteiger partial charge in [-0.1, -0.05) is 22.9 Å².